The highest BCUT2D eigenvalue weighted by atomic mass is 79.9. The summed E-state index contributed by atoms with van der Waals surface area (Å²) in [5.74, 6) is 0. The van der Waals surface area contributed by atoms with Gasteiger partial charge in [-0.25, -0.2) is 4.98 Å². The highest BCUT2D eigenvalue weighted by Gasteiger charge is 2.18. The summed E-state index contributed by atoms with van der Waals surface area (Å²) in [6.45, 7) is 3.29. The van der Waals surface area contributed by atoms with Crippen LogP contribution in [-0.2, 0) is 6.42 Å². The third-order valence-corrected chi connectivity index (χ3v) is 5.50. The van der Waals surface area contributed by atoms with Crippen molar-refractivity contribution in [2.24, 2.45) is 0 Å². The van der Waals surface area contributed by atoms with E-state index >= 15 is 0 Å². The van der Waals surface area contributed by atoms with Gasteiger partial charge < -0.3 is 5.32 Å². The van der Waals surface area contributed by atoms with E-state index in [0.717, 1.165) is 15.9 Å². The van der Waals surface area contributed by atoms with Gasteiger partial charge in [0.2, 0.25) is 0 Å². The monoisotopic (exact) mass is 336 g/mol. The Morgan fingerprint density at radius 3 is 3.00 bits per heavy atom. The first-order valence-electron chi connectivity index (χ1n) is 6.68. The van der Waals surface area contributed by atoms with Crippen LogP contribution in [0, 0.1) is 6.92 Å². The van der Waals surface area contributed by atoms with Crippen LogP contribution in [0.5, 0.6) is 0 Å². The number of nitrogens with one attached hydrogen (secondary N) is 1. The summed E-state index contributed by atoms with van der Waals surface area (Å²) in [6, 6.07) is 8.95. The zero-order valence-electron chi connectivity index (χ0n) is 10.9. The molecule has 0 radical (unpaired) electrons. The normalized spacial score (nSPS) is 18.9. The highest BCUT2D eigenvalue weighted by molar-refractivity contribution is 9.10. The van der Waals surface area contributed by atoms with Gasteiger partial charge in [-0.3, -0.25) is 0 Å². The molecule has 2 aromatic rings. The predicted octanol–water partition coefficient (Wildman–Crippen LogP) is 4.18. The van der Waals surface area contributed by atoms with Crippen LogP contribution in [0.25, 0.3) is 10.6 Å². The SMILES string of the molecule is Cc1nc(-c2ccccc2Br)sc1CC1CCCN1. The topological polar surface area (TPSA) is 24.9 Å². The molecule has 1 unspecified atom stereocenters. The molecule has 19 heavy (non-hydrogen) atoms. The summed E-state index contributed by atoms with van der Waals surface area (Å²) in [6.07, 6.45) is 3.72. The minimum absolute atomic E-state index is 0.645. The van der Waals surface area contributed by atoms with Gasteiger partial charge in [0.1, 0.15) is 5.01 Å². The molecule has 1 fully saturated rings. The molecule has 1 aliphatic heterocycles. The lowest BCUT2D eigenvalue weighted by molar-refractivity contribution is 0.606. The quantitative estimate of drug-likeness (QED) is 0.909. The van der Waals surface area contributed by atoms with Crippen molar-refractivity contribution < 1.29 is 0 Å². The third-order valence-electron chi connectivity index (χ3n) is 3.59. The van der Waals surface area contributed by atoms with Crippen molar-refractivity contribution in [1.29, 1.82) is 0 Å². The van der Waals surface area contributed by atoms with Crippen LogP contribution in [0.4, 0.5) is 0 Å². The van der Waals surface area contributed by atoms with Crippen molar-refractivity contribution in [2.75, 3.05) is 6.54 Å². The number of aromatic nitrogens is 1. The lowest BCUT2D eigenvalue weighted by Crippen LogP contribution is -2.23. The van der Waals surface area contributed by atoms with E-state index in [4.69, 9.17) is 4.98 Å². The molecule has 2 nitrogen and oxygen atoms in total. The van der Waals surface area contributed by atoms with Crippen LogP contribution in [0.15, 0.2) is 28.7 Å². The number of rotatable bonds is 3. The standard InChI is InChI=1S/C15H17BrN2S/c1-10-14(9-11-5-4-8-17-11)19-15(18-10)12-6-2-3-7-13(12)16/h2-3,6-7,11,17H,4-5,8-9H2,1H3. The lowest BCUT2D eigenvalue weighted by atomic mass is 10.1. The smallest absolute Gasteiger partial charge is 0.124 e. The Kier molecular flexibility index (Phi) is 4.01. The van der Waals surface area contributed by atoms with E-state index in [1.165, 1.54) is 35.5 Å². The van der Waals surface area contributed by atoms with Crippen molar-refractivity contribution in [3.63, 3.8) is 0 Å². The second kappa shape index (κ2) is 5.73. The van der Waals surface area contributed by atoms with Crippen LogP contribution in [0.3, 0.4) is 0 Å². The Labute approximate surface area is 126 Å². The third kappa shape index (κ3) is 2.91. The first kappa shape index (κ1) is 13.3. The minimum atomic E-state index is 0.645. The van der Waals surface area contributed by atoms with E-state index in [1.807, 2.05) is 17.4 Å². The molecular formula is C15H17BrN2S. The average Bonchev–Trinajstić information content (AvgIpc) is 3.02. The van der Waals surface area contributed by atoms with Crippen LogP contribution >= 0.6 is 27.3 Å². The maximum Gasteiger partial charge on any atom is 0.124 e. The van der Waals surface area contributed by atoms with Gasteiger partial charge in [-0.2, -0.15) is 0 Å². The number of hydrogen-bond acceptors (Lipinski definition) is 3. The molecule has 1 saturated heterocycles. The van der Waals surface area contributed by atoms with Gasteiger partial charge in [-0.05, 0) is 38.8 Å². The molecule has 0 saturated carbocycles. The molecule has 1 atom stereocenters. The van der Waals surface area contributed by atoms with Gasteiger partial charge in [0.05, 0.1) is 5.69 Å². The highest BCUT2D eigenvalue weighted by Crippen LogP contribution is 2.33. The Bertz CT molecular complexity index is 573. The second-order valence-electron chi connectivity index (χ2n) is 5.00. The molecule has 2 heterocycles. The number of halogens is 1. The summed E-state index contributed by atoms with van der Waals surface area (Å²) in [5, 5.41) is 4.69. The molecule has 1 aliphatic rings. The summed E-state index contributed by atoms with van der Waals surface area (Å²) >= 11 is 5.44. The Morgan fingerprint density at radius 2 is 2.26 bits per heavy atom. The van der Waals surface area contributed by atoms with Gasteiger partial charge in [0.15, 0.2) is 0 Å². The summed E-state index contributed by atoms with van der Waals surface area (Å²) in [4.78, 5) is 6.17. The molecule has 4 heteroatoms. The van der Waals surface area contributed by atoms with E-state index in [0.29, 0.717) is 6.04 Å². The molecular weight excluding hydrogens is 320 g/mol. The Balaban J connectivity index is 1.86. The fourth-order valence-electron chi connectivity index (χ4n) is 2.52. The molecule has 0 aliphatic carbocycles. The zero-order chi connectivity index (χ0) is 13.2. The first-order chi connectivity index (χ1) is 9.24. The number of nitrogens with zero attached hydrogens (tertiary/aromatic N) is 1. The summed E-state index contributed by atoms with van der Waals surface area (Å²) in [5.41, 5.74) is 2.38. The van der Waals surface area contributed by atoms with Gasteiger partial charge >= 0.3 is 0 Å². The maximum atomic E-state index is 4.74. The van der Waals surface area contributed by atoms with Gasteiger partial charge in [-0.15, -0.1) is 11.3 Å². The molecule has 3 rings (SSSR count). The predicted molar refractivity (Wildman–Crippen MR) is 84.7 cm³/mol. The van der Waals surface area contributed by atoms with Crippen molar-refractivity contribution in [3.8, 4) is 10.6 Å². The zero-order valence-corrected chi connectivity index (χ0v) is 13.4. The summed E-state index contributed by atoms with van der Waals surface area (Å²) < 4.78 is 1.12. The lowest BCUT2D eigenvalue weighted by Gasteiger charge is -2.07. The van der Waals surface area contributed by atoms with E-state index in [1.54, 1.807) is 0 Å². The van der Waals surface area contributed by atoms with Gasteiger partial charge in [0.25, 0.3) is 0 Å². The molecule has 0 bridgehead atoms. The number of benzene rings is 1. The fraction of sp³-hybridized carbons (Fsp3) is 0.400. The molecule has 0 spiro atoms. The van der Waals surface area contributed by atoms with Crippen LogP contribution in [0.1, 0.15) is 23.4 Å². The van der Waals surface area contributed by atoms with Crippen molar-refractivity contribution in [1.82, 2.24) is 10.3 Å². The molecule has 1 aromatic carbocycles. The first-order valence-corrected chi connectivity index (χ1v) is 8.29. The van der Waals surface area contributed by atoms with Crippen LogP contribution in [-0.4, -0.2) is 17.6 Å². The molecule has 0 amide bonds. The Hall–Kier alpha value is -0.710. The van der Waals surface area contributed by atoms with E-state index in [-0.39, 0.29) is 0 Å². The van der Waals surface area contributed by atoms with E-state index in [2.05, 4.69) is 46.4 Å². The number of thiazole rings is 1. The van der Waals surface area contributed by atoms with Crippen molar-refractivity contribution >= 4 is 27.3 Å². The van der Waals surface area contributed by atoms with Crippen molar-refractivity contribution in [3.05, 3.63) is 39.3 Å². The van der Waals surface area contributed by atoms with E-state index < -0.39 is 0 Å². The fourth-order valence-corrected chi connectivity index (χ4v) is 4.31. The molecule has 100 valence electrons. The molecule has 1 N–H and O–H groups in total. The number of hydrogen-bond donors (Lipinski definition) is 1. The average molecular weight is 337 g/mol. The maximum absolute atomic E-state index is 4.74. The number of aryl methyl sites for hydroxylation is 1. The van der Waals surface area contributed by atoms with Crippen molar-refractivity contribution in [2.45, 2.75) is 32.2 Å². The summed E-state index contributed by atoms with van der Waals surface area (Å²) in [7, 11) is 0. The van der Waals surface area contributed by atoms with Crippen LogP contribution < -0.4 is 5.32 Å². The van der Waals surface area contributed by atoms with Gasteiger partial charge in [0, 0.05) is 21.0 Å². The Morgan fingerprint density at radius 1 is 1.42 bits per heavy atom. The van der Waals surface area contributed by atoms with Crippen LogP contribution in [0.2, 0.25) is 0 Å². The van der Waals surface area contributed by atoms with Gasteiger partial charge in [-0.1, -0.05) is 34.1 Å². The van der Waals surface area contributed by atoms with E-state index in [9.17, 15) is 0 Å². The minimum Gasteiger partial charge on any atom is -0.314 e. The second-order valence-corrected chi connectivity index (χ2v) is 6.94. The largest absolute Gasteiger partial charge is 0.314 e. The molecule has 1 aromatic heterocycles.